The Morgan fingerprint density at radius 2 is 1.48 bits per heavy atom. The van der Waals surface area contributed by atoms with Crippen LogP contribution in [0.1, 0.15) is 26.2 Å². The third-order valence-corrected chi connectivity index (χ3v) is 3.97. The van der Waals surface area contributed by atoms with Crippen LogP contribution in [0.5, 0.6) is 0 Å². The van der Waals surface area contributed by atoms with Crippen molar-refractivity contribution in [3.8, 4) is 0 Å². The van der Waals surface area contributed by atoms with Gasteiger partial charge in [-0.2, -0.15) is 0 Å². The number of carboxylic acids is 1. The van der Waals surface area contributed by atoms with Gasteiger partial charge in [0, 0.05) is 0 Å². The molecule has 13 heteroatoms. The number of hydrogen-bond acceptors (Lipinski definition) is 9. The third kappa shape index (κ3) is 9.62. The largest absolute Gasteiger partial charge is 0.480 e. The standard InChI is InChI=1S/C16H31N5O8/c1-8(24)12(21-13(25)9(18)6-22)15(27)20-11(7-23)14(26)19-10(16(28)29)4-2-3-5-17/h8-12,22-24H,2-7,17-18H2,1H3,(H,19,26)(H,20,27)(H,21,25)(H,28,29). The Bertz CT molecular complexity index is 559. The van der Waals surface area contributed by atoms with E-state index in [0.717, 1.165) is 0 Å². The quantitative estimate of drug-likeness (QED) is 0.121. The molecule has 11 N–H and O–H groups in total. The highest BCUT2D eigenvalue weighted by Crippen LogP contribution is 2.02. The Kier molecular flexibility index (Phi) is 12.7. The molecular weight excluding hydrogens is 390 g/mol. The minimum absolute atomic E-state index is 0.107. The van der Waals surface area contributed by atoms with Crippen molar-refractivity contribution in [3.63, 3.8) is 0 Å². The molecule has 0 bridgehead atoms. The van der Waals surface area contributed by atoms with Crippen molar-refractivity contribution in [1.82, 2.24) is 16.0 Å². The van der Waals surface area contributed by atoms with Gasteiger partial charge in [-0.1, -0.05) is 0 Å². The molecule has 0 heterocycles. The van der Waals surface area contributed by atoms with E-state index in [9.17, 15) is 34.5 Å². The molecule has 29 heavy (non-hydrogen) atoms. The number of nitrogens with two attached hydrogens (primary N) is 2. The average Bonchev–Trinajstić information content (AvgIpc) is 2.67. The predicted molar refractivity (Wildman–Crippen MR) is 100 cm³/mol. The van der Waals surface area contributed by atoms with E-state index < -0.39 is 67.2 Å². The molecule has 0 fully saturated rings. The second-order valence-electron chi connectivity index (χ2n) is 6.44. The van der Waals surface area contributed by atoms with Crippen LogP contribution in [0.4, 0.5) is 0 Å². The molecule has 0 aromatic rings. The number of amides is 3. The highest BCUT2D eigenvalue weighted by molar-refractivity contribution is 5.94. The zero-order valence-electron chi connectivity index (χ0n) is 16.2. The number of nitrogens with one attached hydrogen (secondary N) is 3. The van der Waals surface area contributed by atoms with Crippen LogP contribution in [0.25, 0.3) is 0 Å². The Balaban J connectivity index is 5.05. The molecule has 3 amide bonds. The Morgan fingerprint density at radius 3 is 1.93 bits per heavy atom. The van der Waals surface area contributed by atoms with Crippen molar-refractivity contribution in [2.75, 3.05) is 19.8 Å². The predicted octanol–water partition coefficient (Wildman–Crippen LogP) is -4.65. The van der Waals surface area contributed by atoms with Crippen LogP contribution < -0.4 is 27.4 Å². The Morgan fingerprint density at radius 1 is 0.897 bits per heavy atom. The lowest BCUT2D eigenvalue weighted by Gasteiger charge is -2.25. The Labute approximate surface area is 167 Å². The number of carbonyl (C=O) groups excluding carboxylic acids is 3. The van der Waals surface area contributed by atoms with E-state index >= 15 is 0 Å². The Hall–Kier alpha value is -2.32. The zero-order valence-corrected chi connectivity index (χ0v) is 16.2. The van der Waals surface area contributed by atoms with Crippen LogP contribution in [-0.4, -0.2) is 94.1 Å². The van der Waals surface area contributed by atoms with Gasteiger partial charge in [-0.25, -0.2) is 4.79 Å². The highest BCUT2D eigenvalue weighted by Gasteiger charge is 2.32. The summed E-state index contributed by atoms with van der Waals surface area (Å²) in [6.45, 7) is 0.00858. The molecule has 5 unspecified atom stereocenters. The van der Waals surface area contributed by atoms with Crippen LogP contribution in [0.15, 0.2) is 0 Å². The first-order valence-corrected chi connectivity index (χ1v) is 9.08. The summed E-state index contributed by atoms with van der Waals surface area (Å²) in [5.41, 5.74) is 10.7. The van der Waals surface area contributed by atoms with Crippen molar-refractivity contribution in [2.24, 2.45) is 11.5 Å². The summed E-state index contributed by atoms with van der Waals surface area (Å²) in [4.78, 5) is 47.6. The minimum Gasteiger partial charge on any atom is -0.480 e. The number of aliphatic carboxylic acids is 1. The number of carbonyl (C=O) groups is 4. The molecular formula is C16H31N5O8. The number of aliphatic hydroxyl groups excluding tert-OH is 3. The molecule has 5 atom stereocenters. The number of unbranched alkanes of at least 4 members (excludes halogenated alkanes) is 1. The van der Waals surface area contributed by atoms with E-state index in [-0.39, 0.29) is 6.42 Å². The first-order valence-electron chi connectivity index (χ1n) is 9.08. The molecule has 0 aliphatic carbocycles. The fourth-order valence-corrected chi connectivity index (χ4v) is 2.23. The van der Waals surface area contributed by atoms with E-state index in [1.54, 1.807) is 0 Å². The molecule has 0 saturated heterocycles. The maximum Gasteiger partial charge on any atom is 0.326 e. The lowest BCUT2D eigenvalue weighted by Crippen LogP contribution is -2.60. The van der Waals surface area contributed by atoms with Crippen molar-refractivity contribution in [2.45, 2.75) is 56.5 Å². The molecule has 0 spiro atoms. The van der Waals surface area contributed by atoms with Gasteiger partial charge in [0.25, 0.3) is 0 Å². The topological polar surface area (TPSA) is 237 Å². The zero-order chi connectivity index (χ0) is 22.6. The van der Waals surface area contributed by atoms with Gasteiger partial charge in [-0.05, 0) is 32.7 Å². The summed E-state index contributed by atoms with van der Waals surface area (Å²) in [6, 6.07) is -5.62. The molecule has 0 aromatic heterocycles. The lowest BCUT2D eigenvalue weighted by atomic mass is 10.1. The number of aliphatic hydroxyl groups is 3. The normalized spacial score (nSPS) is 16.1. The van der Waals surface area contributed by atoms with Gasteiger partial charge in [0.15, 0.2) is 0 Å². The first-order chi connectivity index (χ1) is 13.6. The van der Waals surface area contributed by atoms with Gasteiger partial charge in [-0.15, -0.1) is 0 Å². The van der Waals surface area contributed by atoms with Gasteiger partial charge in [0.2, 0.25) is 17.7 Å². The van der Waals surface area contributed by atoms with E-state index in [1.165, 1.54) is 6.92 Å². The average molecular weight is 421 g/mol. The molecule has 0 aromatic carbocycles. The van der Waals surface area contributed by atoms with Gasteiger partial charge < -0.3 is 47.8 Å². The SMILES string of the molecule is CC(O)C(NC(=O)C(N)CO)C(=O)NC(CO)C(=O)NC(CCCCN)C(=O)O. The van der Waals surface area contributed by atoms with Crippen molar-refractivity contribution in [1.29, 1.82) is 0 Å². The van der Waals surface area contributed by atoms with Crippen molar-refractivity contribution < 1.29 is 39.6 Å². The molecule has 0 aliphatic rings. The summed E-state index contributed by atoms with van der Waals surface area (Å²) in [7, 11) is 0. The summed E-state index contributed by atoms with van der Waals surface area (Å²) in [5, 5.41) is 43.6. The third-order valence-electron chi connectivity index (χ3n) is 3.97. The summed E-state index contributed by atoms with van der Waals surface area (Å²) < 4.78 is 0. The van der Waals surface area contributed by atoms with E-state index in [2.05, 4.69) is 16.0 Å². The van der Waals surface area contributed by atoms with Crippen molar-refractivity contribution >= 4 is 23.7 Å². The molecule has 0 radical (unpaired) electrons. The van der Waals surface area contributed by atoms with Crippen LogP contribution in [0, 0.1) is 0 Å². The van der Waals surface area contributed by atoms with E-state index in [1.807, 2.05) is 0 Å². The summed E-state index contributed by atoms with van der Waals surface area (Å²) in [5.74, 6) is -4.17. The second-order valence-corrected chi connectivity index (χ2v) is 6.44. The van der Waals surface area contributed by atoms with Crippen molar-refractivity contribution in [3.05, 3.63) is 0 Å². The smallest absolute Gasteiger partial charge is 0.326 e. The second kappa shape index (κ2) is 13.8. The van der Waals surface area contributed by atoms with Gasteiger partial charge in [0.05, 0.1) is 19.3 Å². The molecule has 0 rings (SSSR count). The van der Waals surface area contributed by atoms with Crippen LogP contribution in [0.3, 0.4) is 0 Å². The maximum atomic E-state index is 12.3. The highest BCUT2D eigenvalue weighted by atomic mass is 16.4. The van der Waals surface area contributed by atoms with Crippen LogP contribution >= 0.6 is 0 Å². The first kappa shape index (κ1) is 26.7. The molecule has 0 aliphatic heterocycles. The molecule has 0 saturated carbocycles. The molecule has 168 valence electrons. The van der Waals surface area contributed by atoms with Gasteiger partial charge >= 0.3 is 5.97 Å². The van der Waals surface area contributed by atoms with E-state index in [4.69, 9.17) is 16.6 Å². The maximum absolute atomic E-state index is 12.3. The number of hydrogen-bond donors (Lipinski definition) is 9. The monoisotopic (exact) mass is 421 g/mol. The minimum atomic E-state index is -1.53. The fourth-order valence-electron chi connectivity index (χ4n) is 2.23. The molecule has 13 nitrogen and oxygen atoms in total. The fraction of sp³-hybridized carbons (Fsp3) is 0.750. The van der Waals surface area contributed by atoms with Gasteiger partial charge in [-0.3, -0.25) is 14.4 Å². The number of rotatable bonds is 14. The van der Waals surface area contributed by atoms with Gasteiger partial charge in [0.1, 0.15) is 24.2 Å². The van der Waals surface area contributed by atoms with Crippen LogP contribution in [-0.2, 0) is 19.2 Å². The summed E-state index contributed by atoms with van der Waals surface area (Å²) in [6.07, 6.45) is -0.276. The van der Waals surface area contributed by atoms with Crippen LogP contribution in [0.2, 0.25) is 0 Å². The summed E-state index contributed by atoms with van der Waals surface area (Å²) >= 11 is 0. The lowest BCUT2D eigenvalue weighted by molar-refractivity contribution is -0.143. The van der Waals surface area contributed by atoms with E-state index in [0.29, 0.717) is 19.4 Å². The number of carboxylic acid groups (broad SMARTS) is 1.